The molecule has 1 fully saturated rings. The second kappa shape index (κ2) is 8.07. The average molecular weight is 544 g/mol. The van der Waals surface area contributed by atoms with Crippen LogP contribution in [0.1, 0.15) is 52.3 Å². The van der Waals surface area contributed by atoms with Crippen LogP contribution in [0.2, 0.25) is 5.02 Å². The third-order valence-electron chi connectivity index (χ3n) is 5.38. The lowest BCUT2D eigenvalue weighted by Gasteiger charge is -2.24. The smallest absolute Gasteiger partial charge is 0.261 e. The molecule has 0 bridgehead atoms. The van der Waals surface area contributed by atoms with E-state index in [0.29, 0.717) is 33.4 Å². The molecule has 3 heterocycles. The van der Waals surface area contributed by atoms with Gasteiger partial charge in [-0.2, -0.15) is 0 Å². The van der Waals surface area contributed by atoms with E-state index in [-0.39, 0.29) is 17.2 Å². The lowest BCUT2D eigenvalue weighted by molar-refractivity contribution is 0.0792. The molecule has 2 aliphatic rings. The number of hydrogen-bond acceptors (Lipinski definition) is 4. The number of benzene rings is 1. The quantitative estimate of drug-likeness (QED) is 0.517. The molecular formula is C21H23ClIN3O2S. The number of halogens is 2. The highest BCUT2D eigenvalue weighted by Gasteiger charge is 2.36. The van der Waals surface area contributed by atoms with Gasteiger partial charge >= 0.3 is 0 Å². The van der Waals surface area contributed by atoms with E-state index < -0.39 is 0 Å². The summed E-state index contributed by atoms with van der Waals surface area (Å²) >= 11 is 9.99. The van der Waals surface area contributed by atoms with E-state index >= 15 is 0 Å². The van der Waals surface area contributed by atoms with Crippen LogP contribution >= 0.6 is 45.5 Å². The molecule has 2 N–H and O–H groups in total. The lowest BCUT2D eigenvalue weighted by atomic mass is 9.85. The Labute approximate surface area is 193 Å². The first kappa shape index (κ1) is 20.9. The molecule has 0 spiro atoms. The van der Waals surface area contributed by atoms with Crippen LogP contribution in [0.5, 0.6) is 0 Å². The van der Waals surface area contributed by atoms with Crippen molar-refractivity contribution in [2.24, 2.45) is 5.41 Å². The molecule has 2 aliphatic heterocycles. The van der Waals surface area contributed by atoms with Gasteiger partial charge in [-0.1, -0.05) is 25.4 Å². The maximum atomic E-state index is 13.5. The summed E-state index contributed by atoms with van der Waals surface area (Å²) in [4.78, 5) is 28.8. The number of likely N-dealkylation sites (tertiary alicyclic amines) is 1. The normalized spacial score (nSPS) is 18.2. The van der Waals surface area contributed by atoms with E-state index in [0.717, 1.165) is 40.8 Å². The van der Waals surface area contributed by atoms with Crippen molar-refractivity contribution in [1.29, 1.82) is 0 Å². The second-order valence-corrected chi connectivity index (χ2v) is 11.1. The summed E-state index contributed by atoms with van der Waals surface area (Å²) < 4.78 is 1.04. The summed E-state index contributed by atoms with van der Waals surface area (Å²) in [6.07, 6.45) is 2.72. The van der Waals surface area contributed by atoms with Gasteiger partial charge in [0.1, 0.15) is 5.00 Å². The van der Waals surface area contributed by atoms with Crippen molar-refractivity contribution in [3.05, 3.63) is 42.8 Å². The summed E-state index contributed by atoms with van der Waals surface area (Å²) in [5.74, 6) is -0.0950. The van der Waals surface area contributed by atoms with Crippen molar-refractivity contribution in [3.8, 4) is 0 Å². The van der Waals surface area contributed by atoms with E-state index in [1.807, 2.05) is 23.1 Å². The Morgan fingerprint density at radius 1 is 1.31 bits per heavy atom. The second-order valence-electron chi connectivity index (χ2n) is 8.39. The van der Waals surface area contributed by atoms with Crippen molar-refractivity contribution in [1.82, 2.24) is 10.2 Å². The predicted octanol–water partition coefficient (Wildman–Crippen LogP) is 5.30. The van der Waals surface area contributed by atoms with Gasteiger partial charge in [-0.3, -0.25) is 9.59 Å². The van der Waals surface area contributed by atoms with Crippen LogP contribution in [0.25, 0.3) is 0 Å². The number of amides is 2. The van der Waals surface area contributed by atoms with Crippen molar-refractivity contribution >= 4 is 68.0 Å². The predicted molar refractivity (Wildman–Crippen MR) is 127 cm³/mol. The van der Waals surface area contributed by atoms with Crippen LogP contribution in [0.15, 0.2) is 18.2 Å². The number of anilines is 2. The molecule has 4 rings (SSSR count). The van der Waals surface area contributed by atoms with E-state index in [2.05, 4.69) is 47.1 Å². The Morgan fingerprint density at radius 3 is 2.72 bits per heavy atom. The highest BCUT2D eigenvalue weighted by Crippen LogP contribution is 2.42. The fraction of sp³-hybridized carbons (Fsp3) is 0.429. The van der Waals surface area contributed by atoms with Gasteiger partial charge in [0.25, 0.3) is 11.8 Å². The zero-order valence-corrected chi connectivity index (χ0v) is 20.1. The topological polar surface area (TPSA) is 61.4 Å². The van der Waals surface area contributed by atoms with Crippen LogP contribution in [-0.2, 0) is 6.42 Å². The molecule has 5 nitrogen and oxygen atoms in total. The van der Waals surface area contributed by atoms with E-state index in [1.54, 1.807) is 0 Å². The Morgan fingerprint density at radius 2 is 2.03 bits per heavy atom. The summed E-state index contributed by atoms with van der Waals surface area (Å²) in [6.45, 7) is 6.36. The number of thiophene rings is 1. The van der Waals surface area contributed by atoms with Gasteiger partial charge in [0.15, 0.2) is 0 Å². The minimum absolute atomic E-state index is 0.00892. The van der Waals surface area contributed by atoms with Gasteiger partial charge in [0, 0.05) is 23.2 Å². The standard InChI is InChI=1S/C21H23ClIN3O2S/c1-21(2)10-13-16(20(28)26-7-3-4-8-26)19(29-17(13)18(27)24-11-21)25-15-6-5-12(23)9-14(15)22/h5-6,9,25H,3-4,7-8,10-11H2,1-2H3,(H,24,27). The number of carbonyl (C=O) groups is 2. The number of nitrogens with one attached hydrogen (secondary N) is 2. The van der Waals surface area contributed by atoms with Crippen molar-refractivity contribution in [2.45, 2.75) is 33.1 Å². The molecular weight excluding hydrogens is 521 g/mol. The summed E-state index contributed by atoms with van der Waals surface area (Å²) in [7, 11) is 0. The van der Waals surface area contributed by atoms with Gasteiger partial charge in [-0.05, 0) is 71.0 Å². The molecule has 0 saturated carbocycles. The van der Waals surface area contributed by atoms with Gasteiger partial charge in [0.2, 0.25) is 0 Å². The van der Waals surface area contributed by atoms with Crippen LogP contribution in [0.3, 0.4) is 0 Å². The average Bonchev–Trinajstić information content (AvgIpc) is 3.28. The Balaban J connectivity index is 1.82. The van der Waals surface area contributed by atoms with Crippen LogP contribution in [0, 0.1) is 8.99 Å². The Kier molecular flexibility index (Phi) is 5.83. The molecule has 0 atom stereocenters. The molecule has 2 amide bonds. The first-order chi connectivity index (χ1) is 13.7. The molecule has 1 aromatic heterocycles. The monoisotopic (exact) mass is 543 g/mol. The zero-order valence-electron chi connectivity index (χ0n) is 16.4. The van der Waals surface area contributed by atoms with Gasteiger partial charge in [0.05, 0.1) is 21.2 Å². The van der Waals surface area contributed by atoms with Gasteiger partial charge in [-0.25, -0.2) is 0 Å². The molecule has 8 heteroatoms. The minimum Gasteiger partial charge on any atom is -0.351 e. The Bertz CT molecular complexity index is 983. The molecule has 2 aromatic rings. The summed E-state index contributed by atoms with van der Waals surface area (Å²) in [5, 5.41) is 7.65. The van der Waals surface area contributed by atoms with E-state index in [4.69, 9.17) is 11.6 Å². The maximum absolute atomic E-state index is 13.5. The number of fused-ring (bicyclic) bond motifs is 1. The van der Waals surface area contributed by atoms with Crippen LogP contribution < -0.4 is 10.6 Å². The zero-order chi connectivity index (χ0) is 20.8. The molecule has 0 radical (unpaired) electrons. The first-order valence-electron chi connectivity index (χ1n) is 9.70. The molecule has 1 saturated heterocycles. The highest BCUT2D eigenvalue weighted by molar-refractivity contribution is 14.1. The highest BCUT2D eigenvalue weighted by atomic mass is 127. The minimum atomic E-state index is -0.125. The third kappa shape index (κ3) is 4.27. The molecule has 154 valence electrons. The van der Waals surface area contributed by atoms with E-state index in [1.165, 1.54) is 11.3 Å². The number of hydrogen-bond donors (Lipinski definition) is 2. The number of carbonyl (C=O) groups excluding carboxylic acids is 2. The van der Waals surface area contributed by atoms with Gasteiger partial charge < -0.3 is 15.5 Å². The molecule has 0 aliphatic carbocycles. The van der Waals surface area contributed by atoms with Crippen molar-refractivity contribution in [2.75, 3.05) is 25.0 Å². The molecule has 0 unspecified atom stereocenters. The largest absolute Gasteiger partial charge is 0.351 e. The number of nitrogens with zero attached hydrogens (tertiary/aromatic N) is 1. The fourth-order valence-corrected chi connectivity index (χ4v) is 5.91. The fourth-order valence-electron chi connectivity index (χ4n) is 3.86. The summed E-state index contributed by atoms with van der Waals surface area (Å²) in [5.41, 5.74) is 2.10. The third-order valence-corrected chi connectivity index (χ3v) is 7.51. The molecule has 29 heavy (non-hydrogen) atoms. The van der Waals surface area contributed by atoms with Crippen LogP contribution in [-0.4, -0.2) is 36.3 Å². The lowest BCUT2D eigenvalue weighted by Crippen LogP contribution is -2.32. The SMILES string of the molecule is CC1(C)CNC(=O)c2sc(Nc3ccc(I)cc3Cl)c(C(=O)N3CCCC3)c2C1. The summed E-state index contributed by atoms with van der Waals surface area (Å²) in [6, 6.07) is 5.75. The van der Waals surface area contributed by atoms with Crippen LogP contribution in [0.4, 0.5) is 10.7 Å². The number of rotatable bonds is 3. The first-order valence-corrected chi connectivity index (χ1v) is 12.0. The maximum Gasteiger partial charge on any atom is 0.261 e. The van der Waals surface area contributed by atoms with Gasteiger partial charge in [-0.15, -0.1) is 11.3 Å². The van der Waals surface area contributed by atoms with Crippen molar-refractivity contribution < 1.29 is 9.59 Å². The molecule has 1 aromatic carbocycles. The van der Waals surface area contributed by atoms with Crippen molar-refractivity contribution in [3.63, 3.8) is 0 Å². The van der Waals surface area contributed by atoms with E-state index in [9.17, 15) is 9.59 Å². The Hall–Kier alpha value is -1.32.